The first-order valence-electron chi connectivity index (χ1n) is 9.17. The van der Waals surface area contributed by atoms with E-state index in [-0.39, 0.29) is 11.8 Å². The van der Waals surface area contributed by atoms with Crippen LogP contribution in [0.5, 0.6) is 0 Å². The zero-order valence-electron chi connectivity index (χ0n) is 14.3. The Labute approximate surface area is 153 Å². The van der Waals surface area contributed by atoms with Gasteiger partial charge in [0.05, 0.1) is 12.1 Å². The predicted octanol–water partition coefficient (Wildman–Crippen LogP) is 4.42. The van der Waals surface area contributed by atoms with E-state index in [9.17, 15) is 4.79 Å². The van der Waals surface area contributed by atoms with Crippen LogP contribution < -0.4 is 0 Å². The van der Waals surface area contributed by atoms with Crippen LogP contribution in [-0.4, -0.2) is 28.9 Å². The first-order valence-corrected chi connectivity index (χ1v) is 9.55. The number of carbonyl (C=O) groups is 1. The van der Waals surface area contributed by atoms with Crippen LogP contribution in [0.2, 0.25) is 5.02 Å². The highest BCUT2D eigenvalue weighted by Gasteiger charge is 2.34. The van der Waals surface area contributed by atoms with Crippen molar-refractivity contribution >= 4 is 17.5 Å². The summed E-state index contributed by atoms with van der Waals surface area (Å²) in [4.78, 5) is 19.0. The summed E-state index contributed by atoms with van der Waals surface area (Å²) in [5, 5.41) is 0.745. The van der Waals surface area contributed by atoms with Gasteiger partial charge in [-0.15, -0.1) is 0 Å². The molecule has 2 aromatic rings. The van der Waals surface area contributed by atoms with Crippen LogP contribution in [0, 0.1) is 5.92 Å². The average molecular weight is 359 g/mol. The van der Waals surface area contributed by atoms with E-state index >= 15 is 0 Å². The fourth-order valence-corrected chi connectivity index (χ4v) is 4.22. The molecular formula is C20H23ClN2O2. The van der Waals surface area contributed by atoms with Crippen LogP contribution in [-0.2, 0) is 11.2 Å². The van der Waals surface area contributed by atoms with Crippen LogP contribution in [0.15, 0.2) is 34.9 Å². The largest absolute Gasteiger partial charge is 0.445 e. The fourth-order valence-electron chi connectivity index (χ4n) is 4.02. The van der Waals surface area contributed by atoms with Gasteiger partial charge in [-0.25, -0.2) is 4.98 Å². The van der Waals surface area contributed by atoms with Crippen molar-refractivity contribution in [3.8, 4) is 0 Å². The van der Waals surface area contributed by atoms with Crippen molar-refractivity contribution < 1.29 is 9.21 Å². The molecular weight excluding hydrogens is 336 g/mol. The van der Waals surface area contributed by atoms with Crippen molar-refractivity contribution in [3.05, 3.63) is 52.7 Å². The molecule has 132 valence electrons. The molecule has 1 aliphatic carbocycles. The second-order valence-corrected chi connectivity index (χ2v) is 7.59. The van der Waals surface area contributed by atoms with Crippen molar-refractivity contribution in [3.63, 3.8) is 0 Å². The Kier molecular flexibility index (Phi) is 4.80. The lowest BCUT2D eigenvalue weighted by molar-refractivity contribution is -0.134. The Balaban J connectivity index is 1.39. The fraction of sp³-hybridized carbons (Fsp3) is 0.500. The van der Waals surface area contributed by atoms with Gasteiger partial charge in [0.15, 0.2) is 5.89 Å². The van der Waals surface area contributed by atoms with Gasteiger partial charge in [0.25, 0.3) is 0 Å². The van der Waals surface area contributed by atoms with Crippen LogP contribution in [0.3, 0.4) is 0 Å². The van der Waals surface area contributed by atoms with Gasteiger partial charge in [0.2, 0.25) is 5.91 Å². The van der Waals surface area contributed by atoms with Gasteiger partial charge < -0.3 is 9.32 Å². The van der Waals surface area contributed by atoms with E-state index in [2.05, 4.69) is 4.98 Å². The normalized spacial score (nSPS) is 21.2. The number of benzene rings is 1. The molecule has 0 bridgehead atoms. The molecule has 2 heterocycles. The lowest BCUT2D eigenvalue weighted by Gasteiger charge is -2.20. The van der Waals surface area contributed by atoms with E-state index in [1.54, 1.807) is 6.20 Å². The number of rotatable bonds is 4. The lowest BCUT2D eigenvalue weighted by atomic mass is 10.1. The highest BCUT2D eigenvalue weighted by atomic mass is 35.5. The Morgan fingerprint density at radius 3 is 2.84 bits per heavy atom. The number of nitrogens with zero attached hydrogens (tertiary/aromatic N) is 2. The van der Waals surface area contributed by atoms with Gasteiger partial charge in [-0.1, -0.05) is 42.6 Å². The summed E-state index contributed by atoms with van der Waals surface area (Å²) in [5.74, 6) is 2.37. The maximum Gasteiger partial charge on any atom is 0.225 e. The minimum atomic E-state index is 0.213. The van der Waals surface area contributed by atoms with Crippen molar-refractivity contribution in [2.45, 2.75) is 44.4 Å². The Morgan fingerprint density at radius 2 is 2.04 bits per heavy atom. The summed E-state index contributed by atoms with van der Waals surface area (Å²) in [6, 6.07) is 7.79. The molecule has 1 saturated heterocycles. The molecule has 1 saturated carbocycles. The van der Waals surface area contributed by atoms with E-state index in [4.69, 9.17) is 16.0 Å². The van der Waals surface area contributed by atoms with E-state index in [0.29, 0.717) is 12.3 Å². The molecule has 25 heavy (non-hydrogen) atoms. The SMILES string of the molecule is O=C(C1CCCC1)N1CC[C@H](c2ncc(Cc3ccccc3Cl)o2)C1. The van der Waals surface area contributed by atoms with Gasteiger partial charge in [0.1, 0.15) is 5.76 Å². The van der Waals surface area contributed by atoms with E-state index in [1.165, 1.54) is 12.8 Å². The van der Waals surface area contributed by atoms with Crippen LogP contribution >= 0.6 is 11.6 Å². The van der Waals surface area contributed by atoms with Crippen molar-refractivity contribution in [2.75, 3.05) is 13.1 Å². The van der Waals surface area contributed by atoms with Crippen molar-refractivity contribution in [1.29, 1.82) is 0 Å². The van der Waals surface area contributed by atoms with Crippen molar-refractivity contribution in [2.24, 2.45) is 5.92 Å². The summed E-state index contributed by atoms with van der Waals surface area (Å²) in [6.07, 6.45) is 7.87. The third kappa shape index (κ3) is 3.59. The first-order chi connectivity index (χ1) is 12.2. The molecule has 0 unspecified atom stereocenters. The number of amides is 1. The highest BCUT2D eigenvalue weighted by Crippen LogP contribution is 2.32. The van der Waals surface area contributed by atoms with E-state index in [1.807, 2.05) is 29.2 Å². The molecule has 1 amide bonds. The molecule has 0 spiro atoms. The standard InChI is InChI=1S/C20H23ClN2O2/c21-18-8-4-3-7-15(18)11-17-12-22-19(25-17)16-9-10-23(13-16)20(24)14-5-1-2-6-14/h3-4,7-8,12,14,16H,1-2,5-6,9-11,13H2/t16-/m0/s1. The maximum absolute atomic E-state index is 12.6. The van der Waals surface area contributed by atoms with Gasteiger partial charge in [-0.2, -0.15) is 0 Å². The van der Waals surface area contributed by atoms with Gasteiger partial charge in [-0.3, -0.25) is 4.79 Å². The van der Waals surface area contributed by atoms with E-state index in [0.717, 1.165) is 54.6 Å². The zero-order valence-corrected chi connectivity index (χ0v) is 15.0. The Hall–Kier alpha value is -1.81. The average Bonchev–Trinajstić information content (AvgIpc) is 3.37. The quantitative estimate of drug-likeness (QED) is 0.812. The van der Waals surface area contributed by atoms with Gasteiger partial charge in [0, 0.05) is 30.5 Å². The predicted molar refractivity (Wildman–Crippen MR) is 96.7 cm³/mol. The van der Waals surface area contributed by atoms with Gasteiger partial charge >= 0.3 is 0 Å². The molecule has 0 radical (unpaired) electrons. The third-order valence-corrected chi connectivity index (χ3v) is 5.82. The minimum absolute atomic E-state index is 0.213. The molecule has 1 aromatic heterocycles. The zero-order chi connectivity index (χ0) is 17.2. The molecule has 1 atom stereocenters. The smallest absolute Gasteiger partial charge is 0.225 e. The van der Waals surface area contributed by atoms with E-state index < -0.39 is 0 Å². The number of oxazole rings is 1. The molecule has 4 rings (SSSR count). The van der Waals surface area contributed by atoms with Crippen molar-refractivity contribution in [1.82, 2.24) is 9.88 Å². The highest BCUT2D eigenvalue weighted by molar-refractivity contribution is 6.31. The lowest BCUT2D eigenvalue weighted by Crippen LogP contribution is -2.33. The first kappa shape index (κ1) is 16.6. The van der Waals surface area contributed by atoms with Crippen LogP contribution in [0.1, 0.15) is 55.2 Å². The third-order valence-electron chi connectivity index (χ3n) is 5.45. The molecule has 2 fully saturated rings. The second kappa shape index (κ2) is 7.20. The molecule has 1 aliphatic heterocycles. The number of hydrogen-bond donors (Lipinski definition) is 0. The summed E-state index contributed by atoms with van der Waals surface area (Å²) in [7, 11) is 0. The summed E-state index contributed by atoms with van der Waals surface area (Å²) in [5.41, 5.74) is 1.04. The molecule has 5 heteroatoms. The minimum Gasteiger partial charge on any atom is -0.445 e. The van der Waals surface area contributed by atoms with Crippen LogP contribution in [0.4, 0.5) is 0 Å². The van der Waals surface area contributed by atoms with Crippen LogP contribution in [0.25, 0.3) is 0 Å². The monoisotopic (exact) mass is 358 g/mol. The summed E-state index contributed by atoms with van der Waals surface area (Å²) in [6.45, 7) is 1.56. The maximum atomic E-state index is 12.6. The second-order valence-electron chi connectivity index (χ2n) is 7.18. The summed E-state index contributed by atoms with van der Waals surface area (Å²) < 4.78 is 5.97. The number of carbonyl (C=O) groups excluding carboxylic acids is 1. The Bertz CT molecular complexity index is 752. The van der Waals surface area contributed by atoms with Gasteiger partial charge in [-0.05, 0) is 30.9 Å². The Morgan fingerprint density at radius 1 is 1.24 bits per heavy atom. The molecule has 4 nitrogen and oxygen atoms in total. The topological polar surface area (TPSA) is 46.3 Å². The number of aromatic nitrogens is 1. The number of likely N-dealkylation sites (tertiary alicyclic amines) is 1. The molecule has 2 aliphatic rings. The molecule has 1 aromatic carbocycles. The molecule has 0 N–H and O–H groups in total. The summed E-state index contributed by atoms with van der Waals surface area (Å²) >= 11 is 6.22. The number of hydrogen-bond acceptors (Lipinski definition) is 3. The number of halogens is 1.